The number of ether oxygens (including phenoxy) is 3. The molecule has 0 bridgehead atoms. The van der Waals surface area contributed by atoms with Crippen molar-refractivity contribution in [3.8, 4) is 6.07 Å². The predicted octanol–water partition coefficient (Wildman–Crippen LogP) is 4.30. The molecule has 0 unspecified atom stereocenters. The van der Waals surface area contributed by atoms with Crippen molar-refractivity contribution >= 4 is 29.6 Å². The summed E-state index contributed by atoms with van der Waals surface area (Å²) in [5.74, 6) is -2.04. The zero-order valence-electron chi connectivity index (χ0n) is 19.5. The van der Waals surface area contributed by atoms with Crippen LogP contribution >= 0.6 is 11.6 Å². The maximum atomic E-state index is 13.5. The number of rotatable bonds is 8. The number of hydrogen-bond acceptors (Lipinski definition) is 7. The second-order valence-corrected chi connectivity index (χ2v) is 8.76. The van der Waals surface area contributed by atoms with Crippen LogP contribution in [0.2, 0.25) is 5.02 Å². The van der Waals surface area contributed by atoms with Gasteiger partial charge in [-0.3, -0.25) is 0 Å². The number of nitrogens with zero attached hydrogens (tertiary/aromatic N) is 1. The van der Waals surface area contributed by atoms with Crippen molar-refractivity contribution in [2.45, 2.75) is 51.4 Å². The molecular weight excluding hydrogens is 460 g/mol. The predicted molar refractivity (Wildman–Crippen MR) is 125 cm³/mol. The fraction of sp³-hybridized carbons (Fsp3) is 0.360. The number of carbonyl (C=O) groups excluding carboxylic acids is 3. The highest BCUT2D eigenvalue weighted by molar-refractivity contribution is 6.30. The second kappa shape index (κ2) is 11.5. The lowest BCUT2D eigenvalue weighted by Gasteiger charge is -2.33. The van der Waals surface area contributed by atoms with Gasteiger partial charge in [0.1, 0.15) is 12.2 Å². The van der Waals surface area contributed by atoms with Gasteiger partial charge in [-0.25, -0.2) is 14.4 Å². The molecule has 0 aliphatic rings. The Labute approximate surface area is 203 Å². The Kier molecular flexibility index (Phi) is 9.04. The molecule has 1 amide bonds. The van der Waals surface area contributed by atoms with Crippen LogP contribution in [0.5, 0.6) is 0 Å². The van der Waals surface area contributed by atoms with Crippen molar-refractivity contribution < 1.29 is 28.6 Å². The van der Waals surface area contributed by atoms with Crippen LogP contribution in [0.1, 0.15) is 38.8 Å². The summed E-state index contributed by atoms with van der Waals surface area (Å²) in [6.45, 7) is 6.27. The van der Waals surface area contributed by atoms with E-state index in [0.29, 0.717) is 10.6 Å². The Morgan fingerprint density at radius 2 is 1.65 bits per heavy atom. The molecule has 1 N–H and O–H groups in total. The second-order valence-electron chi connectivity index (χ2n) is 8.32. The van der Waals surface area contributed by atoms with Crippen LogP contribution in [0.3, 0.4) is 0 Å². The first-order valence-corrected chi connectivity index (χ1v) is 11.0. The van der Waals surface area contributed by atoms with Crippen LogP contribution < -0.4 is 5.32 Å². The Morgan fingerprint density at radius 3 is 2.18 bits per heavy atom. The smallest absolute Gasteiger partial charge is 0.408 e. The molecule has 2 aromatic carbocycles. The van der Waals surface area contributed by atoms with E-state index in [1.54, 1.807) is 58.0 Å². The fourth-order valence-corrected chi connectivity index (χ4v) is 3.25. The van der Waals surface area contributed by atoms with Gasteiger partial charge in [-0.15, -0.1) is 0 Å². The van der Waals surface area contributed by atoms with E-state index in [0.717, 1.165) is 0 Å². The molecule has 0 fully saturated rings. The van der Waals surface area contributed by atoms with Gasteiger partial charge in [-0.1, -0.05) is 54.1 Å². The van der Waals surface area contributed by atoms with E-state index in [9.17, 15) is 19.6 Å². The van der Waals surface area contributed by atoms with Crippen molar-refractivity contribution in [3.05, 3.63) is 70.7 Å². The average Bonchev–Trinajstić information content (AvgIpc) is 2.78. The maximum Gasteiger partial charge on any atom is 0.408 e. The molecule has 8 nitrogen and oxygen atoms in total. The molecule has 0 saturated carbocycles. The SMILES string of the molecule is CCOC(=O)[C@H](NC(=O)OC(C)(C)C)[C@@](C#N)(C(=O)OCc1ccccc1)c1ccc(Cl)cc1. The van der Waals surface area contributed by atoms with E-state index in [-0.39, 0.29) is 18.8 Å². The first-order valence-electron chi connectivity index (χ1n) is 10.6. The topological polar surface area (TPSA) is 115 Å². The van der Waals surface area contributed by atoms with Crippen molar-refractivity contribution in [2.24, 2.45) is 0 Å². The lowest BCUT2D eigenvalue weighted by molar-refractivity contribution is -0.158. The number of alkyl carbamates (subject to hydrolysis) is 1. The van der Waals surface area contributed by atoms with Gasteiger partial charge in [0.05, 0.1) is 12.7 Å². The summed E-state index contributed by atoms with van der Waals surface area (Å²) in [5.41, 5.74) is -2.42. The third-order valence-electron chi connectivity index (χ3n) is 4.63. The van der Waals surface area contributed by atoms with Crippen LogP contribution in [0.25, 0.3) is 0 Å². The summed E-state index contributed by atoms with van der Waals surface area (Å²) in [4.78, 5) is 39.1. The molecule has 34 heavy (non-hydrogen) atoms. The van der Waals surface area contributed by atoms with E-state index in [2.05, 4.69) is 5.32 Å². The number of nitrogens with one attached hydrogen (secondary N) is 1. The normalized spacial score (nSPS) is 13.5. The van der Waals surface area contributed by atoms with Crippen LogP contribution in [-0.2, 0) is 35.8 Å². The van der Waals surface area contributed by atoms with Gasteiger partial charge >= 0.3 is 18.0 Å². The van der Waals surface area contributed by atoms with Crippen molar-refractivity contribution in [1.29, 1.82) is 5.26 Å². The largest absolute Gasteiger partial charge is 0.464 e. The molecule has 0 radical (unpaired) electrons. The quantitative estimate of drug-likeness (QED) is 0.437. The lowest BCUT2D eigenvalue weighted by atomic mass is 9.75. The molecule has 0 aliphatic heterocycles. The highest BCUT2D eigenvalue weighted by Gasteiger charge is 2.55. The molecule has 2 aromatic rings. The van der Waals surface area contributed by atoms with Crippen molar-refractivity contribution in [1.82, 2.24) is 5.32 Å². The summed E-state index contributed by atoms with van der Waals surface area (Å²) >= 11 is 5.99. The fourth-order valence-electron chi connectivity index (χ4n) is 3.12. The maximum absolute atomic E-state index is 13.5. The van der Waals surface area contributed by atoms with Crippen LogP contribution in [-0.4, -0.2) is 36.3 Å². The molecule has 180 valence electrons. The summed E-state index contributed by atoms with van der Waals surface area (Å²) in [6.07, 6.45) is -1.00. The first kappa shape index (κ1) is 26.7. The minimum absolute atomic E-state index is 0.0491. The molecule has 0 heterocycles. The number of esters is 2. The molecular formula is C25H27ClN2O6. The number of benzene rings is 2. The lowest BCUT2D eigenvalue weighted by Crippen LogP contribution is -2.59. The average molecular weight is 487 g/mol. The van der Waals surface area contributed by atoms with Gasteiger partial charge in [0.15, 0.2) is 6.04 Å². The Hall–Kier alpha value is -3.57. The number of amides is 1. The third kappa shape index (κ3) is 6.72. The zero-order valence-corrected chi connectivity index (χ0v) is 20.2. The van der Waals surface area contributed by atoms with Crippen LogP contribution in [0.4, 0.5) is 4.79 Å². The number of halogens is 1. The molecule has 0 spiro atoms. The summed E-state index contributed by atoms with van der Waals surface area (Å²) in [7, 11) is 0. The number of carbonyl (C=O) groups is 3. The van der Waals surface area contributed by atoms with Gasteiger partial charge < -0.3 is 19.5 Å². The third-order valence-corrected chi connectivity index (χ3v) is 4.88. The number of nitriles is 1. The van der Waals surface area contributed by atoms with Crippen LogP contribution in [0.15, 0.2) is 54.6 Å². The van der Waals surface area contributed by atoms with E-state index in [4.69, 9.17) is 25.8 Å². The number of hydrogen-bond donors (Lipinski definition) is 1. The van der Waals surface area contributed by atoms with Gasteiger partial charge in [0.2, 0.25) is 5.41 Å². The molecule has 0 aliphatic carbocycles. The Bertz CT molecular complexity index is 1040. The minimum Gasteiger partial charge on any atom is -0.464 e. The Balaban J connectivity index is 2.56. The summed E-state index contributed by atoms with van der Waals surface area (Å²) < 4.78 is 15.8. The van der Waals surface area contributed by atoms with E-state index >= 15 is 0 Å². The Morgan fingerprint density at radius 1 is 1.03 bits per heavy atom. The van der Waals surface area contributed by atoms with E-state index in [1.807, 2.05) is 6.07 Å². The highest BCUT2D eigenvalue weighted by atomic mass is 35.5. The zero-order chi connectivity index (χ0) is 25.4. The molecule has 0 saturated heterocycles. The monoisotopic (exact) mass is 486 g/mol. The minimum atomic E-state index is -2.29. The summed E-state index contributed by atoms with van der Waals surface area (Å²) in [5, 5.41) is 13.0. The molecule has 2 atom stereocenters. The standard InChI is InChI=1S/C25H27ClN2O6/c1-5-32-21(29)20(28-23(31)34-24(2,3)4)25(16-27,18-11-13-19(26)14-12-18)22(30)33-15-17-9-7-6-8-10-17/h6-14,20H,5,15H2,1-4H3,(H,28,31)/t20-,25-/m0/s1. The highest BCUT2D eigenvalue weighted by Crippen LogP contribution is 2.32. The summed E-state index contributed by atoms with van der Waals surface area (Å²) in [6, 6.07) is 14.7. The van der Waals surface area contributed by atoms with E-state index in [1.165, 1.54) is 24.3 Å². The molecule has 2 rings (SSSR count). The van der Waals surface area contributed by atoms with Crippen molar-refractivity contribution in [3.63, 3.8) is 0 Å². The van der Waals surface area contributed by atoms with Gasteiger partial charge in [0.25, 0.3) is 0 Å². The van der Waals surface area contributed by atoms with Gasteiger partial charge in [0, 0.05) is 5.02 Å². The van der Waals surface area contributed by atoms with Gasteiger partial charge in [-0.2, -0.15) is 5.26 Å². The first-order chi connectivity index (χ1) is 16.0. The molecule has 9 heteroatoms. The van der Waals surface area contributed by atoms with Crippen LogP contribution in [0, 0.1) is 11.3 Å². The van der Waals surface area contributed by atoms with Gasteiger partial charge in [-0.05, 0) is 51.0 Å². The van der Waals surface area contributed by atoms with E-state index < -0.39 is 35.1 Å². The van der Waals surface area contributed by atoms with Crippen molar-refractivity contribution in [2.75, 3.05) is 6.61 Å². The molecule has 0 aromatic heterocycles.